The van der Waals surface area contributed by atoms with Crippen molar-refractivity contribution in [3.8, 4) is 17.0 Å². The zero-order valence-corrected chi connectivity index (χ0v) is 13.6. The molecule has 2 heterocycles. The number of rotatable bonds is 4. The first kappa shape index (κ1) is 14.7. The van der Waals surface area contributed by atoms with Crippen molar-refractivity contribution in [3.63, 3.8) is 0 Å². The van der Waals surface area contributed by atoms with Crippen molar-refractivity contribution in [1.29, 1.82) is 0 Å². The lowest BCUT2D eigenvalue weighted by Crippen LogP contribution is -2.25. The van der Waals surface area contributed by atoms with E-state index in [0.717, 1.165) is 22.0 Å². The quantitative estimate of drug-likeness (QED) is 0.761. The van der Waals surface area contributed by atoms with Crippen LogP contribution in [-0.2, 0) is 11.3 Å². The minimum atomic E-state index is -0.126. The summed E-state index contributed by atoms with van der Waals surface area (Å²) in [6.07, 6.45) is 0. The Kier molecular flexibility index (Phi) is 3.88. The number of benzene rings is 2. The Balaban J connectivity index is 1.44. The zero-order valence-electron chi connectivity index (χ0n) is 12.8. The molecule has 4 rings (SSSR count). The number of hydrogen-bond donors (Lipinski definition) is 2. The van der Waals surface area contributed by atoms with Gasteiger partial charge in [0.15, 0.2) is 6.61 Å². The smallest absolute Gasteiger partial charge is 0.262 e. The largest absolute Gasteiger partial charge is 0.482 e. The van der Waals surface area contributed by atoms with E-state index in [2.05, 4.69) is 33.1 Å². The molecule has 1 aliphatic heterocycles. The van der Waals surface area contributed by atoms with Crippen LogP contribution in [0.5, 0.6) is 5.75 Å². The Hall–Kier alpha value is -2.86. The molecule has 0 spiro atoms. The molecule has 120 valence electrons. The van der Waals surface area contributed by atoms with E-state index in [0.29, 0.717) is 18.0 Å². The van der Waals surface area contributed by atoms with Crippen molar-refractivity contribution in [1.82, 2.24) is 4.98 Å². The fraction of sp³-hybridized carbons (Fsp3) is 0.111. The third-order valence-corrected chi connectivity index (χ3v) is 4.53. The monoisotopic (exact) mass is 337 g/mol. The lowest BCUT2D eigenvalue weighted by molar-refractivity contribution is -0.118. The van der Waals surface area contributed by atoms with Crippen molar-refractivity contribution < 1.29 is 9.53 Å². The van der Waals surface area contributed by atoms with Gasteiger partial charge in [-0.05, 0) is 12.1 Å². The Labute approximate surface area is 143 Å². The predicted molar refractivity (Wildman–Crippen MR) is 95.4 cm³/mol. The molecule has 3 aromatic rings. The molecule has 0 aliphatic carbocycles. The second-order valence-corrected chi connectivity index (χ2v) is 6.34. The topological polar surface area (TPSA) is 63.2 Å². The lowest BCUT2D eigenvalue weighted by atomic mass is 10.2. The average Bonchev–Trinajstić information content (AvgIpc) is 3.10. The molecule has 2 N–H and O–H groups in total. The summed E-state index contributed by atoms with van der Waals surface area (Å²) in [6, 6.07) is 15.8. The number of anilines is 2. The molecule has 24 heavy (non-hydrogen) atoms. The summed E-state index contributed by atoms with van der Waals surface area (Å²) < 4.78 is 5.43. The van der Waals surface area contributed by atoms with Gasteiger partial charge in [0.05, 0.1) is 17.9 Å². The van der Waals surface area contributed by atoms with Crippen LogP contribution in [0.2, 0.25) is 0 Å². The molecule has 1 amide bonds. The minimum absolute atomic E-state index is 0.0589. The van der Waals surface area contributed by atoms with Crippen LogP contribution in [0.3, 0.4) is 0 Å². The van der Waals surface area contributed by atoms with Crippen LogP contribution < -0.4 is 15.4 Å². The van der Waals surface area contributed by atoms with Gasteiger partial charge in [-0.1, -0.05) is 30.3 Å². The van der Waals surface area contributed by atoms with E-state index in [1.54, 1.807) is 11.3 Å². The molecule has 2 aromatic carbocycles. The number of carbonyl (C=O) groups is 1. The van der Waals surface area contributed by atoms with Crippen LogP contribution >= 0.6 is 11.3 Å². The zero-order chi connectivity index (χ0) is 16.4. The van der Waals surface area contributed by atoms with E-state index in [1.165, 1.54) is 0 Å². The van der Waals surface area contributed by atoms with Gasteiger partial charge in [0.2, 0.25) is 0 Å². The van der Waals surface area contributed by atoms with Crippen molar-refractivity contribution >= 4 is 28.6 Å². The van der Waals surface area contributed by atoms with Crippen LogP contribution in [0.25, 0.3) is 11.3 Å². The summed E-state index contributed by atoms with van der Waals surface area (Å²) in [6.45, 7) is 0.700. The molecule has 1 aliphatic rings. The van der Waals surface area contributed by atoms with Gasteiger partial charge < -0.3 is 15.4 Å². The molecular weight excluding hydrogens is 322 g/mol. The first-order valence-corrected chi connectivity index (χ1v) is 8.46. The SMILES string of the molecule is O=C1COc2cc(NCc3nc(-c4ccccc4)cs3)ccc2N1. The van der Waals surface area contributed by atoms with Gasteiger partial charge in [0.25, 0.3) is 5.91 Å². The Bertz CT molecular complexity index is 877. The number of nitrogens with one attached hydrogen (secondary N) is 2. The maximum atomic E-state index is 11.3. The number of carbonyl (C=O) groups excluding carboxylic acids is 1. The summed E-state index contributed by atoms with van der Waals surface area (Å²) in [5, 5.41) is 9.20. The molecule has 0 saturated heterocycles. The average molecular weight is 337 g/mol. The summed E-state index contributed by atoms with van der Waals surface area (Å²) >= 11 is 1.63. The van der Waals surface area contributed by atoms with Crippen LogP contribution in [-0.4, -0.2) is 17.5 Å². The molecule has 0 radical (unpaired) electrons. The van der Waals surface area contributed by atoms with Gasteiger partial charge in [-0.3, -0.25) is 4.79 Å². The van der Waals surface area contributed by atoms with Gasteiger partial charge in [-0.25, -0.2) is 4.98 Å². The van der Waals surface area contributed by atoms with E-state index in [4.69, 9.17) is 4.74 Å². The normalized spacial score (nSPS) is 12.9. The number of amides is 1. The highest BCUT2D eigenvalue weighted by atomic mass is 32.1. The highest BCUT2D eigenvalue weighted by molar-refractivity contribution is 7.09. The van der Waals surface area contributed by atoms with E-state index < -0.39 is 0 Å². The highest BCUT2D eigenvalue weighted by Crippen LogP contribution is 2.31. The molecule has 0 unspecified atom stereocenters. The number of nitrogens with zero attached hydrogens (tertiary/aromatic N) is 1. The van der Waals surface area contributed by atoms with Gasteiger partial charge >= 0.3 is 0 Å². The number of ether oxygens (including phenoxy) is 1. The van der Waals surface area contributed by atoms with Crippen molar-refractivity contribution in [2.75, 3.05) is 17.2 Å². The van der Waals surface area contributed by atoms with Gasteiger partial charge in [0.1, 0.15) is 10.8 Å². The Morgan fingerprint density at radius 1 is 1.21 bits per heavy atom. The second-order valence-electron chi connectivity index (χ2n) is 5.39. The van der Waals surface area contributed by atoms with Crippen LogP contribution in [0, 0.1) is 0 Å². The van der Waals surface area contributed by atoms with E-state index in [-0.39, 0.29) is 12.5 Å². The summed E-state index contributed by atoms with van der Waals surface area (Å²) in [4.78, 5) is 15.9. The molecule has 0 fully saturated rings. The van der Waals surface area contributed by atoms with E-state index >= 15 is 0 Å². The molecular formula is C18H15N3O2S. The van der Waals surface area contributed by atoms with Crippen LogP contribution in [0.15, 0.2) is 53.9 Å². The Morgan fingerprint density at radius 3 is 2.96 bits per heavy atom. The molecule has 1 aromatic heterocycles. The van der Waals surface area contributed by atoms with E-state index in [9.17, 15) is 4.79 Å². The number of hydrogen-bond acceptors (Lipinski definition) is 5. The maximum absolute atomic E-state index is 11.3. The van der Waals surface area contributed by atoms with Gasteiger partial charge in [-0.15, -0.1) is 11.3 Å². The fourth-order valence-corrected chi connectivity index (χ4v) is 3.24. The summed E-state index contributed by atoms with van der Waals surface area (Å²) in [5.74, 6) is 0.558. The van der Waals surface area contributed by atoms with Crippen molar-refractivity contribution in [2.24, 2.45) is 0 Å². The first-order chi connectivity index (χ1) is 11.8. The number of fused-ring (bicyclic) bond motifs is 1. The predicted octanol–water partition coefficient (Wildman–Crippen LogP) is 3.75. The molecule has 6 heteroatoms. The summed E-state index contributed by atoms with van der Waals surface area (Å²) in [7, 11) is 0. The van der Waals surface area contributed by atoms with Crippen LogP contribution in [0.1, 0.15) is 5.01 Å². The van der Waals surface area contributed by atoms with E-state index in [1.807, 2.05) is 36.4 Å². The summed E-state index contributed by atoms with van der Waals surface area (Å²) in [5.41, 5.74) is 3.76. The molecule has 0 bridgehead atoms. The van der Waals surface area contributed by atoms with Crippen LogP contribution in [0.4, 0.5) is 11.4 Å². The molecule has 5 nitrogen and oxygen atoms in total. The Morgan fingerprint density at radius 2 is 2.08 bits per heavy atom. The molecule has 0 saturated carbocycles. The third kappa shape index (κ3) is 3.09. The number of aromatic nitrogens is 1. The molecule has 0 atom stereocenters. The third-order valence-electron chi connectivity index (χ3n) is 3.68. The van der Waals surface area contributed by atoms with Crippen molar-refractivity contribution in [2.45, 2.75) is 6.54 Å². The lowest BCUT2D eigenvalue weighted by Gasteiger charge is -2.18. The minimum Gasteiger partial charge on any atom is -0.482 e. The maximum Gasteiger partial charge on any atom is 0.262 e. The highest BCUT2D eigenvalue weighted by Gasteiger charge is 2.15. The van der Waals surface area contributed by atoms with Gasteiger partial charge in [-0.2, -0.15) is 0 Å². The fourth-order valence-electron chi connectivity index (χ4n) is 2.50. The standard InChI is InChI=1S/C18H15N3O2S/c22-17-10-23-16-8-13(6-7-14(16)20-17)19-9-18-21-15(11-24-18)12-4-2-1-3-5-12/h1-8,11,19H,9-10H2,(H,20,22). The van der Waals surface area contributed by atoms with Gasteiger partial charge in [0, 0.05) is 22.7 Å². The second kappa shape index (κ2) is 6.33. The first-order valence-electron chi connectivity index (χ1n) is 7.58. The number of thiazole rings is 1. The van der Waals surface area contributed by atoms with Crippen molar-refractivity contribution in [3.05, 3.63) is 58.9 Å².